The Morgan fingerprint density at radius 1 is 1.30 bits per heavy atom. The zero-order chi connectivity index (χ0) is 14.2. The molecular formula is C16H22N2O2. The third-order valence-electron chi connectivity index (χ3n) is 4.79. The van der Waals surface area contributed by atoms with Gasteiger partial charge in [0.2, 0.25) is 5.91 Å². The Morgan fingerprint density at radius 3 is 2.55 bits per heavy atom. The molecule has 2 unspecified atom stereocenters. The average Bonchev–Trinajstić information content (AvgIpc) is 3.15. The van der Waals surface area contributed by atoms with E-state index in [1.807, 2.05) is 24.3 Å². The van der Waals surface area contributed by atoms with Crippen LogP contribution in [0.15, 0.2) is 24.3 Å². The average molecular weight is 274 g/mol. The minimum Gasteiger partial charge on any atom is -0.399 e. The molecule has 0 bridgehead atoms. The van der Waals surface area contributed by atoms with Gasteiger partial charge in [0.25, 0.3) is 0 Å². The number of nitrogen functional groups attached to an aromatic ring is 1. The van der Waals surface area contributed by atoms with Crippen molar-refractivity contribution in [2.45, 2.75) is 43.6 Å². The third-order valence-corrected chi connectivity index (χ3v) is 4.79. The van der Waals surface area contributed by atoms with Gasteiger partial charge in [-0.2, -0.15) is 0 Å². The van der Waals surface area contributed by atoms with Crippen LogP contribution in [0.3, 0.4) is 0 Å². The van der Waals surface area contributed by atoms with Gasteiger partial charge in [-0.25, -0.2) is 0 Å². The van der Waals surface area contributed by atoms with E-state index in [0.717, 1.165) is 43.4 Å². The first-order valence-corrected chi connectivity index (χ1v) is 7.44. The topological polar surface area (TPSA) is 75.4 Å². The van der Waals surface area contributed by atoms with E-state index in [1.54, 1.807) is 0 Å². The molecule has 2 atom stereocenters. The van der Waals surface area contributed by atoms with Crippen LogP contribution >= 0.6 is 0 Å². The molecule has 2 aliphatic carbocycles. The molecule has 0 saturated heterocycles. The van der Waals surface area contributed by atoms with Gasteiger partial charge in [-0.05, 0) is 43.4 Å². The van der Waals surface area contributed by atoms with E-state index >= 15 is 0 Å². The van der Waals surface area contributed by atoms with Crippen molar-refractivity contribution in [1.82, 2.24) is 5.32 Å². The Morgan fingerprint density at radius 2 is 2.00 bits per heavy atom. The first-order chi connectivity index (χ1) is 9.62. The Kier molecular flexibility index (Phi) is 3.42. The second kappa shape index (κ2) is 5.09. The van der Waals surface area contributed by atoms with Gasteiger partial charge in [0.05, 0.1) is 11.5 Å². The van der Waals surface area contributed by atoms with Crippen LogP contribution in [0.2, 0.25) is 0 Å². The number of carbonyl (C=O) groups is 1. The van der Waals surface area contributed by atoms with Gasteiger partial charge < -0.3 is 16.2 Å². The van der Waals surface area contributed by atoms with Gasteiger partial charge in [-0.1, -0.05) is 18.6 Å². The molecule has 0 heterocycles. The molecule has 4 N–H and O–H groups in total. The molecule has 0 spiro atoms. The van der Waals surface area contributed by atoms with Gasteiger partial charge in [-0.15, -0.1) is 0 Å². The second-order valence-electron chi connectivity index (χ2n) is 6.17. The lowest BCUT2D eigenvalue weighted by atomic mass is 9.94. The van der Waals surface area contributed by atoms with E-state index in [0.29, 0.717) is 6.54 Å². The van der Waals surface area contributed by atoms with Crippen LogP contribution in [0.4, 0.5) is 5.69 Å². The minimum atomic E-state index is -0.350. The zero-order valence-corrected chi connectivity index (χ0v) is 11.6. The van der Waals surface area contributed by atoms with Crippen LogP contribution in [0.25, 0.3) is 0 Å². The Hall–Kier alpha value is -1.55. The van der Waals surface area contributed by atoms with Crippen molar-refractivity contribution < 1.29 is 9.90 Å². The highest BCUT2D eigenvalue weighted by Gasteiger charge is 2.51. The van der Waals surface area contributed by atoms with Gasteiger partial charge in [0, 0.05) is 18.2 Å². The number of amides is 1. The maximum Gasteiger partial charge on any atom is 0.230 e. The highest BCUT2D eigenvalue weighted by atomic mass is 16.3. The fourth-order valence-corrected chi connectivity index (χ4v) is 3.22. The molecule has 1 aromatic carbocycles. The third kappa shape index (κ3) is 2.40. The molecule has 1 amide bonds. The quantitative estimate of drug-likeness (QED) is 0.730. The number of anilines is 1. The number of hydrogen-bond acceptors (Lipinski definition) is 3. The summed E-state index contributed by atoms with van der Waals surface area (Å²) in [5, 5.41) is 12.8. The molecule has 0 aliphatic heterocycles. The second-order valence-corrected chi connectivity index (χ2v) is 6.17. The molecule has 0 radical (unpaired) electrons. The van der Waals surface area contributed by atoms with E-state index < -0.39 is 0 Å². The van der Waals surface area contributed by atoms with E-state index in [4.69, 9.17) is 5.73 Å². The predicted molar refractivity (Wildman–Crippen MR) is 78.1 cm³/mol. The van der Waals surface area contributed by atoms with Crippen molar-refractivity contribution in [2.75, 3.05) is 12.3 Å². The summed E-state index contributed by atoms with van der Waals surface area (Å²) < 4.78 is 0. The molecule has 1 aromatic rings. The van der Waals surface area contributed by atoms with Gasteiger partial charge >= 0.3 is 0 Å². The van der Waals surface area contributed by atoms with Crippen LogP contribution in [0.1, 0.15) is 37.7 Å². The molecule has 2 fully saturated rings. The highest BCUT2D eigenvalue weighted by Crippen LogP contribution is 2.48. The molecular weight excluding hydrogens is 252 g/mol. The number of nitrogens with two attached hydrogens (primary N) is 1. The number of aliphatic hydroxyl groups excluding tert-OH is 1. The van der Waals surface area contributed by atoms with Crippen LogP contribution in [0, 0.1) is 5.92 Å². The molecule has 4 nitrogen and oxygen atoms in total. The highest BCUT2D eigenvalue weighted by molar-refractivity contribution is 5.91. The first kappa shape index (κ1) is 13.4. The van der Waals surface area contributed by atoms with Crippen molar-refractivity contribution in [3.63, 3.8) is 0 Å². The summed E-state index contributed by atoms with van der Waals surface area (Å²) in [7, 11) is 0. The van der Waals surface area contributed by atoms with E-state index in [-0.39, 0.29) is 23.3 Å². The van der Waals surface area contributed by atoms with Crippen molar-refractivity contribution >= 4 is 11.6 Å². The van der Waals surface area contributed by atoms with Crippen LogP contribution in [-0.4, -0.2) is 23.7 Å². The number of benzene rings is 1. The van der Waals surface area contributed by atoms with Crippen molar-refractivity contribution in [3.05, 3.63) is 29.8 Å². The number of aliphatic hydroxyl groups is 1. The fourth-order valence-electron chi connectivity index (χ4n) is 3.22. The lowest BCUT2D eigenvalue weighted by Gasteiger charge is -2.19. The maximum atomic E-state index is 12.5. The summed E-state index contributed by atoms with van der Waals surface area (Å²) in [5.74, 6) is 0.322. The van der Waals surface area contributed by atoms with E-state index in [1.165, 1.54) is 0 Å². The summed E-state index contributed by atoms with van der Waals surface area (Å²) in [6.45, 7) is 0.594. The lowest BCUT2D eigenvalue weighted by Crippen LogP contribution is -2.39. The smallest absolute Gasteiger partial charge is 0.230 e. The molecule has 0 aromatic heterocycles. The van der Waals surface area contributed by atoms with Crippen LogP contribution in [-0.2, 0) is 10.2 Å². The summed E-state index contributed by atoms with van der Waals surface area (Å²) in [6.07, 6.45) is 4.48. The van der Waals surface area contributed by atoms with Crippen LogP contribution in [0.5, 0.6) is 0 Å². The molecule has 2 aliphatic rings. The molecule has 4 heteroatoms. The standard InChI is InChI=1S/C16H22N2O2/c17-13-6-4-12(5-7-13)16(8-9-16)15(20)18-10-11-2-1-3-14(11)19/h4-7,11,14,19H,1-3,8-10,17H2,(H,18,20). The van der Waals surface area contributed by atoms with Crippen molar-refractivity contribution in [2.24, 2.45) is 5.92 Å². The predicted octanol–water partition coefficient (Wildman–Crippen LogP) is 1.58. The number of rotatable bonds is 4. The summed E-state index contributed by atoms with van der Waals surface area (Å²) in [4.78, 5) is 12.5. The summed E-state index contributed by atoms with van der Waals surface area (Å²) in [5.41, 5.74) is 7.12. The zero-order valence-electron chi connectivity index (χ0n) is 11.6. The lowest BCUT2D eigenvalue weighted by molar-refractivity contribution is -0.123. The number of hydrogen-bond donors (Lipinski definition) is 3. The molecule has 20 heavy (non-hydrogen) atoms. The molecule has 3 rings (SSSR count). The number of carbonyl (C=O) groups excluding carboxylic acids is 1. The van der Waals surface area contributed by atoms with E-state index in [2.05, 4.69) is 5.32 Å². The monoisotopic (exact) mass is 274 g/mol. The van der Waals surface area contributed by atoms with Gasteiger partial charge in [0.1, 0.15) is 0 Å². The minimum absolute atomic E-state index is 0.0985. The van der Waals surface area contributed by atoms with Crippen molar-refractivity contribution in [3.8, 4) is 0 Å². The largest absolute Gasteiger partial charge is 0.399 e. The first-order valence-electron chi connectivity index (χ1n) is 7.44. The maximum absolute atomic E-state index is 12.5. The normalized spacial score (nSPS) is 27.2. The summed E-state index contributed by atoms with van der Waals surface area (Å²) >= 11 is 0. The molecule has 108 valence electrons. The summed E-state index contributed by atoms with van der Waals surface area (Å²) in [6, 6.07) is 7.60. The Bertz CT molecular complexity index is 494. The molecule has 2 saturated carbocycles. The Balaban J connectivity index is 1.63. The number of nitrogens with one attached hydrogen (secondary N) is 1. The fraction of sp³-hybridized carbons (Fsp3) is 0.562. The van der Waals surface area contributed by atoms with Gasteiger partial charge in [-0.3, -0.25) is 4.79 Å². The van der Waals surface area contributed by atoms with Crippen LogP contribution < -0.4 is 11.1 Å². The SMILES string of the molecule is Nc1ccc(C2(C(=O)NCC3CCCC3O)CC2)cc1. The van der Waals surface area contributed by atoms with Gasteiger partial charge in [0.15, 0.2) is 0 Å². The van der Waals surface area contributed by atoms with Crippen molar-refractivity contribution in [1.29, 1.82) is 0 Å². The van der Waals surface area contributed by atoms with E-state index in [9.17, 15) is 9.90 Å². The Labute approximate surface area is 119 Å².